The van der Waals surface area contributed by atoms with Crippen molar-refractivity contribution in [3.63, 3.8) is 0 Å². The molecule has 6 heteroatoms. The lowest BCUT2D eigenvalue weighted by Crippen LogP contribution is -2.25. The van der Waals surface area contributed by atoms with Gasteiger partial charge in [-0.25, -0.2) is 4.79 Å². The highest BCUT2D eigenvalue weighted by atomic mass is 32.1. The van der Waals surface area contributed by atoms with E-state index in [2.05, 4.69) is 0 Å². The number of hydrogen-bond donors (Lipinski definition) is 0. The van der Waals surface area contributed by atoms with E-state index in [4.69, 9.17) is 9.15 Å². The van der Waals surface area contributed by atoms with E-state index in [1.54, 1.807) is 37.4 Å². The Morgan fingerprint density at radius 2 is 2.00 bits per heavy atom. The Morgan fingerprint density at radius 3 is 2.77 bits per heavy atom. The molecule has 0 spiro atoms. The number of methoxy groups -OCH3 is 1. The molecule has 0 saturated heterocycles. The molecule has 0 aliphatic rings. The minimum absolute atomic E-state index is 0.189. The smallest absolute Gasteiger partial charge is 0.336 e. The Kier molecular flexibility index (Phi) is 3.68. The van der Waals surface area contributed by atoms with Crippen molar-refractivity contribution in [2.45, 2.75) is 0 Å². The van der Waals surface area contributed by atoms with Crippen LogP contribution in [0.25, 0.3) is 10.3 Å². The summed E-state index contributed by atoms with van der Waals surface area (Å²) in [5.74, 6) is 0.332. The molecule has 0 unspecified atom stereocenters. The van der Waals surface area contributed by atoms with Gasteiger partial charge in [0, 0.05) is 19.2 Å². The summed E-state index contributed by atoms with van der Waals surface area (Å²) in [6.07, 6.45) is 0. The molecule has 0 bridgehead atoms. The standard InChI is InChI=1S/C16H13NO4S/c1-17(16(19)10-5-3-4-6-11(10)20-2)14-9-12-13(22-14)7-8-15(18)21-12/h3-9H,1-2H3. The van der Waals surface area contributed by atoms with E-state index in [-0.39, 0.29) is 5.91 Å². The van der Waals surface area contributed by atoms with Gasteiger partial charge in [0.15, 0.2) is 5.58 Å². The number of thiophene rings is 1. The van der Waals surface area contributed by atoms with Gasteiger partial charge in [0.05, 0.1) is 17.4 Å². The third kappa shape index (κ3) is 2.48. The quantitative estimate of drug-likeness (QED) is 0.745. The normalized spacial score (nSPS) is 10.6. The van der Waals surface area contributed by atoms with E-state index in [1.807, 2.05) is 6.07 Å². The molecule has 0 radical (unpaired) electrons. The number of para-hydroxylation sites is 1. The first-order valence-corrected chi connectivity index (χ1v) is 7.36. The highest BCUT2D eigenvalue weighted by Crippen LogP contribution is 2.32. The largest absolute Gasteiger partial charge is 0.496 e. The third-order valence-corrected chi connectivity index (χ3v) is 4.42. The van der Waals surface area contributed by atoms with Crippen molar-refractivity contribution in [2.24, 2.45) is 0 Å². The minimum Gasteiger partial charge on any atom is -0.496 e. The summed E-state index contributed by atoms with van der Waals surface area (Å²) in [7, 11) is 3.21. The van der Waals surface area contributed by atoms with Crippen LogP contribution in [0.1, 0.15) is 10.4 Å². The zero-order valence-corrected chi connectivity index (χ0v) is 12.8. The van der Waals surface area contributed by atoms with Crippen molar-refractivity contribution in [1.82, 2.24) is 0 Å². The number of ether oxygens (including phenoxy) is 1. The number of hydrogen-bond acceptors (Lipinski definition) is 5. The van der Waals surface area contributed by atoms with Gasteiger partial charge in [-0.3, -0.25) is 4.79 Å². The molecule has 0 aliphatic heterocycles. The summed E-state index contributed by atoms with van der Waals surface area (Å²) in [4.78, 5) is 25.4. The monoisotopic (exact) mass is 315 g/mol. The summed E-state index contributed by atoms with van der Waals surface area (Å²) in [5.41, 5.74) is 0.550. The molecule has 1 amide bonds. The molecule has 22 heavy (non-hydrogen) atoms. The molecule has 0 saturated carbocycles. The molecule has 1 aromatic carbocycles. The molecular formula is C16H13NO4S. The van der Waals surface area contributed by atoms with Crippen LogP contribution in [0.15, 0.2) is 51.7 Å². The molecule has 0 aliphatic carbocycles. The van der Waals surface area contributed by atoms with Gasteiger partial charge in [-0.2, -0.15) is 0 Å². The predicted octanol–water partition coefficient (Wildman–Crippen LogP) is 3.14. The molecule has 2 heterocycles. The summed E-state index contributed by atoms with van der Waals surface area (Å²) in [5, 5.41) is 0.695. The van der Waals surface area contributed by atoms with Gasteiger partial charge in [-0.15, -0.1) is 11.3 Å². The second-order valence-electron chi connectivity index (χ2n) is 4.63. The number of nitrogens with zero attached hydrogens (tertiary/aromatic N) is 1. The highest BCUT2D eigenvalue weighted by Gasteiger charge is 2.19. The summed E-state index contributed by atoms with van der Waals surface area (Å²) in [6, 6.07) is 11.8. The average molecular weight is 315 g/mol. The number of carbonyl (C=O) groups is 1. The van der Waals surface area contributed by atoms with Crippen molar-refractivity contribution < 1.29 is 13.9 Å². The van der Waals surface area contributed by atoms with Crippen molar-refractivity contribution in [3.05, 3.63) is 58.4 Å². The second-order valence-corrected chi connectivity index (χ2v) is 5.69. The maximum absolute atomic E-state index is 12.6. The van der Waals surface area contributed by atoms with Gasteiger partial charge in [0.1, 0.15) is 10.8 Å². The molecule has 3 rings (SSSR count). The number of rotatable bonds is 3. The fourth-order valence-electron chi connectivity index (χ4n) is 2.13. The van der Waals surface area contributed by atoms with Gasteiger partial charge in [-0.05, 0) is 18.2 Å². The van der Waals surface area contributed by atoms with E-state index >= 15 is 0 Å². The zero-order valence-electron chi connectivity index (χ0n) is 12.0. The lowest BCUT2D eigenvalue weighted by Gasteiger charge is -2.16. The van der Waals surface area contributed by atoms with Crippen LogP contribution in [0.2, 0.25) is 0 Å². The molecular weight excluding hydrogens is 302 g/mol. The van der Waals surface area contributed by atoms with Gasteiger partial charge < -0.3 is 14.1 Å². The van der Waals surface area contributed by atoms with Gasteiger partial charge >= 0.3 is 5.63 Å². The SMILES string of the molecule is COc1ccccc1C(=O)N(C)c1cc2oc(=O)ccc2s1. The Morgan fingerprint density at radius 1 is 1.23 bits per heavy atom. The van der Waals surface area contributed by atoms with Crippen molar-refractivity contribution >= 4 is 32.5 Å². The van der Waals surface area contributed by atoms with Crippen molar-refractivity contribution in [2.75, 3.05) is 19.1 Å². The Labute approximate surface area is 130 Å². The topological polar surface area (TPSA) is 59.8 Å². The lowest BCUT2D eigenvalue weighted by atomic mass is 10.2. The zero-order chi connectivity index (χ0) is 15.7. The average Bonchev–Trinajstić information content (AvgIpc) is 2.96. The lowest BCUT2D eigenvalue weighted by molar-refractivity contribution is 0.0990. The summed E-state index contributed by atoms with van der Waals surface area (Å²) in [6.45, 7) is 0. The first-order valence-electron chi connectivity index (χ1n) is 6.55. The Balaban J connectivity index is 1.99. The van der Waals surface area contributed by atoms with Crippen LogP contribution in [-0.4, -0.2) is 20.1 Å². The highest BCUT2D eigenvalue weighted by molar-refractivity contribution is 7.22. The minimum atomic E-state index is -0.407. The number of fused-ring (bicyclic) bond motifs is 1. The summed E-state index contributed by atoms with van der Waals surface area (Å²) >= 11 is 1.38. The molecule has 0 atom stereocenters. The molecule has 3 aromatic rings. The molecule has 5 nitrogen and oxygen atoms in total. The van der Waals surface area contributed by atoms with Crippen molar-refractivity contribution in [1.29, 1.82) is 0 Å². The van der Waals surface area contributed by atoms with Gasteiger partial charge in [-0.1, -0.05) is 12.1 Å². The van der Waals surface area contributed by atoms with E-state index in [0.29, 0.717) is 21.9 Å². The second kappa shape index (κ2) is 5.65. The van der Waals surface area contributed by atoms with Crippen LogP contribution in [-0.2, 0) is 0 Å². The summed E-state index contributed by atoms with van der Waals surface area (Å²) < 4.78 is 11.2. The van der Waals surface area contributed by atoms with Crippen LogP contribution in [0.3, 0.4) is 0 Å². The third-order valence-electron chi connectivity index (χ3n) is 3.27. The molecule has 0 N–H and O–H groups in total. The van der Waals surface area contributed by atoms with Gasteiger partial charge in [0.2, 0.25) is 0 Å². The Hall–Kier alpha value is -2.60. The Bertz CT molecular complexity index is 896. The van der Waals surface area contributed by atoms with Crippen LogP contribution < -0.4 is 15.3 Å². The van der Waals surface area contributed by atoms with Gasteiger partial charge in [0.25, 0.3) is 5.91 Å². The first kappa shape index (κ1) is 14.3. The van der Waals surface area contributed by atoms with Crippen LogP contribution in [0, 0.1) is 0 Å². The van der Waals surface area contributed by atoms with Crippen LogP contribution in [0.5, 0.6) is 5.75 Å². The van der Waals surface area contributed by atoms with E-state index < -0.39 is 5.63 Å². The number of benzene rings is 1. The molecule has 2 aromatic heterocycles. The van der Waals surface area contributed by atoms with Crippen LogP contribution >= 0.6 is 11.3 Å². The van der Waals surface area contributed by atoms with E-state index in [1.165, 1.54) is 29.4 Å². The van der Waals surface area contributed by atoms with Crippen LogP contribution in [0.4, 0.5) is 5.00 Å². The molecule has 112 valence electrons. The van der Waals surface area contributed by atoms with Crippen molar-refractivity contribution in [3.8, 4) is 5.75 Å². The molecule has 0 fully saturated rings. The van der Waals surface area contributed by atoms with E-state index in [0.717, 1.165) is 4.70 Å². The number of carbonyl (C=O) groups excluding carboxylic acids is 1. The maximum atomic E-state index is 12.6. The fraction of sp³-hybridized carbons (Fsp3) is 0.125. The fourth-order valence-corrected chi connectivity index (χ4v) is 3.07. The predicted molar refractivity (Wildman–Crippen MR) is 86.1 cm³/mol. The maximum Gasteiger partial charge on any atom is 0.336 e. The van der Waals surface area contributed by atoms with E-state index in [9.17, 15) is 9.59 Å². The number of amides is 1. The number of anilines is 1. The first-order chi connectivity index (χ1) is 10.6.